The van der Waals surface area contributed by atoms with Crippen molar-refractivity contribution in [3.05, 3.63) is 36.4 Å². The molecule has 0 atom stereocenters. The molecule has 21 heavy (non-hydrogen) atoms. The highest BCUT2D eigenvalue weighted by molar-refractivity contribution is 7.98. The van der Waals surface area contributed by atoms with Crippen molar-refractivity contribution in [1.29, 1.82) is 0 Å². The van der Waals surface area contributed by atoms with Crippen molar-refractivity contribution in [3.63, 3.8) is 0 Å². The third-order valence-corrected chi connectivity index (χ3v) is 3.41. The lowest BCUT2D eigenvalue weighted by Crippen LogP contribution is -2.11. The molecular weight excluding hydrogens is 303 g/mol. The van der Waals surface area contributed by atoms with Gasteiger partial charge in [-0.1, -0.05) is 0 Å². The van der Waals surface area contributed by atoms with E-state index in [2.05, 4.69) is 20.1 Å². The lowest BCUT2D eigenvalue weighted by molar-refractivity contribution is -0.141. The number of aromatic nitrogens is 5. The summed E-state index contributed by atoms with van der Waals surface area (Å²) in [4.78, 5) is 12.1. The number of rotatable bonds is 2. The lowest BCUT2D eigenvalue weighted by atomic mass is 10.3. The summed E-state index contributed by atoms with van der Waals surface area (Å²) in [5.74, 6) is 0. The summed E-state index contributed by atoms with van der Waals surface area (Å²) < 4.78 is 39.4. The predicted octanol–water partition coefficient (Wildman–Crippen LogP) is 2.93. The average molecular weight is 311 g/mol. The molecule has 3 heterocycles. The third-order valence-electron chi connectivity index (χ3n) is 2.77. The molecule has 0 saturated heterocycles. The van der Waals surface area contributed by atoms with Gasteiger partial charge < -0.3 is 0 Å². The number of fused-ring (bicyclic) bond motifs is 1. The Bertz CT molecular complexity index is 799. The molecular formula is C12H8F3N5S. The van der Waals surface area contributed by atoms with Gasteiger partial charge in [0.15, 0.2) is 11.3 Å². The van der Waals surface area contributed by atoms with Crippen molar-refractivity contribution >= 4 is 17.4 Å². The van der Waals surface area contributed by atoms with Crippen LogP contribution in [0.5, 0.6) is 0 Å². The van der Waals surface area contributed by atoms with Gasteiger partial charge in [0.2, 0.25) is 0 Å². The minimum Gasteiger partial charge on any atom is -0.235 e. The van der Waals surface area contributed by atoms with Gasteiger partial charge in [-0.05, 0) is 24.5 Å². The molecule has 0 aliphatic rings. The molecule has 0 fully saturated rings. The minimum atomic E-state index is -4.51. The monoisotopic (exact) mass is 311 g/mol. The number of thioether (sulfide) groups is 1. The zero-order chi connectivity index (χ0) is 15.0. The standard InChI is InChI=1S/C12H8F3N5S/c1-21-11-4-7(17-6-18-11)8-5-16-10-3-2-9(12(13,14)15)19-20(8)10/h2-6H,1H3. The van der Waals surface area contributed by atoms with Crippen LogP contribution in [0.3, 0.4) is 0 Å². The van der Waals surface area contributed by atoms with E-state index in [-0.39, 0.29) is 0 Å². The number of hydrogen-bond donors (Lipinski definition) is 0. The van der Waals surface area contributed by atoms with E-state index < -0.39 is 11.9 Å². The van der Waals surface area contributed by atoms with Crippen LogP contribution >= 0.6 is 11.8 Å². The van der Waals surface area contributed by atoms with Gasteiger partial charge in [0.1, 0.15) is 12.0 Å². The summed E-state index contributed by atoms with van der Waals surface area (Å²) in [6.07, 6.45) is 0.134. The smallest absolute Gasteiger partial charge is 0.235 e. The maximum Gasteiger partial charge on any atom is 0.435 e. The Hall–Kier alpha value is -2.16. The summed E-state index contributed by atoms with van der Waals surface area (Å²) in [6, 6.07) is 3.85. The van der Waals surface area contributed by atoms with Crippen LogP contribution in [0.2, 0.25) is 0 Å². The van der Waals surface area contributed by atoms with Gasteiger partial charge in [0.05, 0.1) is 16.9 Å². The Labute approximate surface area is 121 Å². The fourth-order valence-corrected chi connectivity index (χ4v) is 2.17. The molecule has 0 radical (unpaired) electrons. The number of halogens is 3. The van der Waals surface area contributed by atoms with Crippen molar-refractivity contribution in [2.24, 2.45) is 0 Å². The van der Waals surface area contributed by atoms with Crippen molar-refractivity contribution in [1.82, 2.24) is 24.6 Å². The SMILES string of the molecule is CSc1cc(-c2cnc3ccc(C(F)(F)F)nn23)ncn1. The minimum absolute atomic E-state index is 0.322. The number of alkyl halides is 3. The van der Waals surface area contributed by atoms with Crippen LogP contribution < -0.4 is 0 Å². The van der Waals surface area contributed by atoms with Gasteiger partial charge in [-0.2, -0.15) is 18.3 Å². The van der Waals surface area contributed by atoms with Gasteiger partial charge in [-0.3, -0.25) is 0 Å². The second kappa shape index (κ2) is 4.99. The predicted molar refractivity (Wildman–Crippen MR) is 70.8 cm³/mol. The fourth-order valence-electron chi connectivity index (χ4n) is 1.79. The fraction of sp³-hybridized carbons (Fsp3) is 0.167. The van der Waals surface area contributed by atoms with Crippen LogP contribution in [0.15, 0.2) is 35.7 Å². The first-order valence-electron chi connectivity index (χ1n) is 5.77. The van der Waals surface area contributed by atoms with E-state index in [1.807, 2.05) is 6.26 Å². The van der Waals surface area contributed by atoms with Crippen molar-refractivity contribution in [2.75, 3.05) is 6.26 Å². The molecule has 9 heteroatoms. The van der Waals surface area contributed by atoms with E-state index in [4.69, 9.17) is 0 Å². The second-order valence-corrected chi connectivity index (χ2v) is 4.90. The maximum absolute atomic E-state index is 12.7. The van der Waals surface area contributed by atoms with Gasteiger partial charge >= 0.3 is 6.18 Å². The molecule has 0 aliphatic heterocycles. The Morgan fingerprint density at radius 3 is 2.67 bits per heavy atom. The van der Waals surface area contributed by atoms with Gasteiger partial charge in [-0.25, -0.2) is 19.5 Å². The number of hydrogen-bond acceptors (Lipinski definition) is 5. The summed E-state index contributed by atoms with van der Waals surface area (Å²) in [6.45, 7) is 0. The largest absolute Gasteiger partial charge is 0.435 e. The molecule has 0 unspecified atom stereocenters. The number of imidazole rings is 1. The van der Waals surface area contributed by atoms with Gasteiger partial charge in [0, 0.05) is 0 Å². The number of nitrogens with zero attached hydrogens (tertiary/aromatic N) is 5. The molecule has 0 amide bonds. The van der Waals surface area contributed by atoms with Crippen LogP contribution in [0.25, 0.3) is 17.0 Å². The Morgan fingerprint density at radius 2 is 1.95 bits per heavy atom. The summed E-state index contributed by atoms with van der Waals surface area (Å²) in [5, 5.41) is 4.31. The van der Waals surface area contributed by atoms with Crippen LogP contribution in [0.1, 0.15) is 5.69 Å². The van der Waals surface area contributed by atoms with Crippen LogP contribution in [0.4, 0.5) is 13.2 Å². The van der Waals surface area contributed by atoms with Crippen molar-refractivity contribution in [2.45, 2.75) is 11.2 Å². The van der Waals surface area contributed by atoms with Crippen LogP contribution in [-0.2, 0) is 6.18 Å². The van der Waals surface area contributed by atoms with Crippen LogP contribution in [0, 0.1) is 0 Å². The van der Waals surface area contributed by atoms with E-state index in [0.29, 0.717) is 22.1 Å². The topological polar surface area (TPSA) is 56.0 Å². The molecule has 5 nitrogen and oxygen atoms in total. The average Bonchev–Trinajstić information content (AvgIpc) is 2.89. The first-order valence-corrected chi connectivity index (χ1v) is 7.00. The molecule has 0 spiro atoms. The highest BCUT2D eigenvalue weighted by Crippen LogP contribution is 2.28. The molecule has 3 rings (SSSR count). The first kappa shape index (κ1) is 13.8. The molecule has 3 aromatic rings. The van der Waals surface area contributed by atoms with Crippen LogP contribution in [-0.4, -0.2) is 30.8 Å². The summed E-state index contributed by atoms with van der Waals surface area (Å²) in [5.41, 5.74) is 0.193. The van der Waals surface area contributed by atoms with E-state index in [1.54, 1.807) is 6.07 Å². The maximum atomic E-state index is 12.7. The summed E-state index contributed by atoms with van der Waals surface area (Å²) in [7, 11) is 0. The second-order valence-electron chi connectivity index (χ2n) is 4.08. The van der Waals surface area contributed by atoms with E-state index in [0.717, 1.165) is 10.6 Å². The molecule has 0 N–H and O–H groups in total. The lowest BCUT2D eigenvalue weighted by Gasteiger charge is -2.07. The zero-order valence-corrected chi connectivity index (χ0v) is 11.5. The quantitative estimate of drug-likeness (QED) is 0.538. The highest BCUT2D eigenvalue weighted by atomic mass is 32.2. The van der Waals surface area contributed by atoms with E-state index >= 15 is 0 Å². The Kier molecular flexibility index (Phi) is 3.28. The zero-order valence-electron chi connectivity index (χ0n) is 10.7. The molecule has 0 bridgehead atoms. The molecule has 0 aliphatic carbocycles. The van der Waals surface area contributed by atoms with E-state index in [9.17, 15) is 13.2 Å². The molecule has 0 saturated carbocycles. The van der Waals surface area contributed by atoms with Gasteiger partial charge in [-0.15, -0.1) is 11.8 Å². The first-order chi connectivity index (χ1) is 9.99. The summed E-state index contributed by atoms with van der Waals surface area (Å²) >= 11 is 1.41. The molecule has 3 aromatic heterocycles. The Morgan fingerprint density at radius 1 is 1.14 bits per heavy atom. The highest BCUT2D eigenvalue weighted by Gasteiger charge is 2.33. The molecule has 108 valence electrons. The van der Waals surface area contributed by atoms with Gasteiger partial charge in [0.25, 0.3) is 0 Å². The normalized spacial score (nSPS) is 12.0. The third kappa shape index (κ3) is 2.56. The van der Waals surface area contributed by atoms with Crippen molar-refractivity contribution < 1.29 is 13.2 Å². The molecule has 0 aromatic carbocycles. The Balaban J connectivity index is 2.18. The van der Waals surface area contributed by atoms with Crippen molar-refractivity contribution in [3.8, 4) is 11.4 Å². The van der Waals surface area contributed by atoms with E-state index in [1.165, 1.54) is 30.4 Å².